The largest absolute Gasteiger partial charge is 0.421 e. The van der Waals surface area contributed by atoms with Gasteiger partial charge in [0.25, 0.3) is 0 Å². The number of hydrogen-bond donors (Lipinski definition) is 0. The molecule has 7 heteroatoms. The van der Waals surface area contributed by atoms with E-state index in [9.17, 15) is 9.18 Å². The summed E-state index contributed by atoms with van der Waals surface area (Å²) in [5, 5.41) is 0.410. The van der Waals surface area contributed by atoms with E-state index in [0.717, 1.165) is 5.56 Å². The lowest BCUT2D eigenvalue weighted by Crippen LogP contribution is -2.13. The van der Waals surface area contributed by atoms with Gasteiger partial charge in [-0.25, -0.2) is 19.2 Å². The maximum Gasteiger partial charge on any atom is 0.364 e. The zero-order valence-corrected chi connectivity index (χ0v) is 15.4. The molecule has 0 unspecified atom stereocenters. The van der Waals surface area contributed by atoms with Crippen molar-refractivity contribution in [2.45, 2.75) is 17.8 Å². The first-order valence-corrected chi connectivity index (χ1v) is 9.07. The Hall–Kier alpha value is -2.44. The number of aryl methyl sites for hydroxylation is 1. The molecule has 0 atom stereocenters. The number of carbonyl (C=O) groups is 1. The molecule has 0 saturated carbocycles. The van der Waals surface area contributed by atoms with E-state index in [1.54, 1.807) is 30.3 Å². The molecule has 0 bridgehead atoms. The van der Waals surface area contributed by atoms with Gasteiger partial charge in [0, 0.05) is 5.75 Å². The van der Waals surface area contributed by atoms with Crippen LogP contribution in [0.15, 0.2) is 59.9 Å². The highest BCUT2D eigenvalue weighted by Gasteiger charge is 2.18. The fraction of sp³-hybridized carbons (Fsp3) is 0.105. The summed E-state index contributed by atoms with van der Waals surface area (Å²) in [6.07, 6.45) is 1.34. The third kappa shape index (κ3) is 4.39. The van der Waals surface area contributed by atoms with Gasteiger partial charge in [-0.15, -0.1) is 0 Å². The molecule has 0 amide bonds. The van der Waals surface area contributed by atoms with Crippen LogP contribution in [-0.2, 0) is 5.75 Å². The first-order valence-electron chi connectivity index (χ1n) is 7.71. The SMILES string of the molecule is Cc1ccccc1OC(=O)c1nc(SCc2ccccc2F)ncc1Cl. The van der Waals surface area contributed by atoms with E-state index in [4.69, 9.17) is 16.3 Å². The third-order valence-corrected chi connectivity index (χ3v) is 4.71. The van der Waals surface area contributed by atoms with Gasteiger partial charge in [0.15, 0.2) is 10.9 Å². The van der Waals surface area contributed by atoms with Crippen molar-refractivity contribution in [1.29, 1.82) is 0 Å². The molecule has 0 spiro atoms. The number of ether oxygens (including phenoxy) is 1. The number of para-hydroxylation sites is 1. The Morgan fingerprint density at radius 3 is 2.69 bits per heavy atom. The van der Waals surface area contributed by atoms with E-state index < -0.39 is 5.97 Å². The standard InChI is InChI=1S/C19H14ClFN2O2S/c1-12-6-2-5-9-16(12)25-18(24)17-14(20)10-22-19(23-17)26-11-13-7-3-4-8-15(13)21/h2-10H,11H2,1H3. The minimum atomic E-state index is -0.667. The molecular weight excluding hydrogens is 375 g/mol. The van der Waals surface area contributed by atoms with Gasteiger partial charge < -0.3 is 4.74 Å². The van der Waals surface area contributed by atoms with E-state index in [2.05, 4.69) is 9.97 Å². The van der Waals surface area contributed by atoms with Crippen LogP contribution in [0, 0.1) is 12.7 Å². The quantitative estimate of drug-likeness (QED) is 0.264. The van der Waals surface area contributed by atoms with Crippen molar-refractivity contribution >= 4 is 29.3 Å². The van der Waals surface area contributed by atoms with Crippen molar-refractivity contribution in [2.75, 3.05) is 0 Å². The molecule has 132 valence electrons. The van der Waals surface area contributed by atoms with Gasteiger partial charge in [0.05, 0.1) is 11.2 Å². The zero-order valence-electron chi connectivity index (χ0n) is 13.8. The summed E-state index contributed by atoms with van der Waals surface area (Å²) in [4.78, 5) is 20.6. The number of benzene rings is 2. The van der Waals surface area contributed by atoms with Crippen molar-refractivity contribution < 1.29 is 13.9 Å². The molecule has 0 aliphatic rings. The normalized spacial score (nSPS) is 10.6. The van der Waals surface area contributed by atoms with Crippen molar-refractivity contribution in [1.82, 2.24) is 9.97 Å². The van der Waals surface area contributed by atoms with Crippen LogP contribution in [0.5, 0.6) is 5.75 Å². The second-order valence-corrected chi connectivity index (χ2v) is 6.73. The Balaban J connectivity index is 1.76. The number of nitrogens with zero attached hydrogens (tertiary/aromatic N) is 2. The van der Waals surface area contributed by atoms with E-state index in [0.29, 0.717) is 22.2 Å². The number of aromatic nitrogens is 2. The van der Waals surface area contributed by atoms with Gasteiger partial charge in [-0.2, -0.15) is 0 Å². The molecule has 1 aromatic heterocycles. The van der Waals surface area contributed by atoms with Crippen LogP contribution >= 0.6 is 23.4 Å². The van der Waals surface area contributed by atoms with Crippen LogP contribution in [0.2, 0.25) is 5.02 Å². The highest BCUT2D eigenvalue weighted by molar-refractivity contribution is 7.98. The fourth-order valence-electron chi connectivity index (χ4n) is 2.14. The molecule has 1 heterocycles. The summed E-state index contributed by atoms with van der Waals surface area (Å²) in [5.74, 6) is -0.194. The first kappa shape index (κ1) is 18.4. The van der Waals surface area contributed by atoms with Gasteiger partial charge in [-0.1, -0.05) is 59.8 Å². The summed E-state index contributed by atoms with van der Waals surface area (Å²) in [5.41, 5.74) is 1.32. The topological polar surface area (TPSA) is 52.1 Å². The zero-order chi connectivity index (χ0) is 18.5. The number of esters is 1. The van der Waals surface area contributed by atoms with E-state index in [1.165, 1.54) is 24.0 Å². The van der Waals surface area contributed by atoms with Crippen molar-refractivity contribution in [3.05, 3.63) is 82.4 Å². The Kier molecular flexibility index (Phi) is 5.85. The maximum absolute atomic E-state index is 13.7. The predicted octanol–water partition coefficient (Wildman–Crippen LogP) is 5.09. The average molecular weight is 389 g/mol. The first-order chi connectivity index (χ1) is 12.5. The number of carbonyl (C=O) groups excluding carboxylic acids is 1. The minimum Gasteiger partial charge on any atom is -0.421 e. The smallest absolute Gasteiger partial charge is 0.364 e. The molecule has 3 aromatic rings. The number of rotatable bonds is 5. The molecule has 26 heavy (non-hydrogen) atoms. The average Bonchev–Trinajstić information content (AvgIpc) is 2.64. The number of hydrogen-bond acceptors (Lipinski definition) is 5. The second kappa shape index (κ2) is 8.29. The summed E-state index contributed by atoms with van der Waals surface area (Å²) in [6.45, 7) is 1.83. The lowest BCUT2D eigenvalue weighted by Gasteiger charge is -2.08. The summed E-state index contributed by atoms with van der Waals surface area (Å²) < 4.78 is 19.1. The van der Waals surface area contributed by atoms with Crippen molar-refractivity contribution in [2.24, 2.45) is 0 Å². The summed E-state index contributed by atoms with van der Waals surface area (Å²) in [6, 6.07) is 13.6. The van der Waals surface area contributed by atoms with Crippen LogP contribution in [0.4, 0.5) is 4.39 Å². The Morgan fingerprint density at radius 1 is 1.19 bits per heavy atom. The van der Waals surface area contributed by atoms with E-state index in [1.807, 2.05) is 19.1 Å². The molecule has 3 rings (SSSR count). The van der Waals surface area contributed by atoms with E-state index >= 15 is 0 Å². The highest BCUT2D eigenvalue weighted by atomic mass is 35.5. The molecule has 4 nitrogen and oxygen atoms in total. The Labute approximate surface area is 159 Å². The second-order valence-electron chi connectivity index (χ2n) is 5.38. The molecule has 0 saturated heterocycles. The molecule has 0 aliphatic carbocycles. The lowest BCUT2D eigenvalue weighted by atomic mass is 10.2. The molecule has 0 N–H and O–H groups in total. The number of thioether (sulfide) groups is 1. The third-order valence-electron chi connectivity index (χ3n) is 3.53. The van der Waals surface area contributed by atoms with Crippen LogP contribution in [0.3, 0.4) is 0 Å². The lowest BCUT2D eigenvalue weighted by molar-refractivity contribution is 0.0726. The predicted molar refractivity (Wildman–Crippen MR) is 99.1 cm³/mol. The minimum absolute atomic E-state index is 0.0269. The monoisotopic (exact) mass is 388 g/mol. The van der Waals surface area contributed by atoms with Gasteiger partial charge >= 0.3 is 5.97 Å². The Bertz CT molecular complexity index is 952. The molecule has 0 aliphatic heterocycles. The van der Waals surface area contributed by atoms with Crippen LogP contribution < -0.4 is 4.74 Å². The molecule has 0 fully saturated rings. The summed E-state index contributed by atoms with van der Waals surface area (Å²) in [7, 11) is 0. The van der Waals surface area contributed by atoms with E-state index in [-0.39, 0.29) is 16.5 Å². The Morgan fingerprint density at radius 2 is 1.92 bits per heavy atom. The van der Waals surface area contributed by atoms with Gasteiger partial charge in [0.1, 0.15) is 11.6 Å². The van der Waals surface area contributed by atoms with Gasteiger partial charge in [-0.05, 0) is 30.2 Å². The fourth-order valence-corrected chi connectivity index (χ4v) is 3.11. The van der Waals surface area contributed by atoms with Crippen molar-refractivity contribution in [3.63, 3.8) is 0 Å². The molecule has 0 radical (unpaired) electrons. The van der Waals surface area contributed by atoms with Crippen LogP contribution in [-0.4, -0.2) is 15.9 Å². The van der Waals surface area contributed by atoms with Crippen LogP contribution in [0.25, 0.3) is 0 Å². The maximum atomic E-state index is 13.7. The number of halogens is 2. The van der Waals surface area contributed by atoms with Gasteiger partial charge in [0.2, 0.25) is 0 Å². The summed E-state index contributed by atoms with van der Waals surface area (Å²) >= 11 is 7.25. The highest BCUT2D eigenvalue weighted by Crippen LogP contribution is 2.24. The van der Waals surface area contributed by atoms with Crippen LogP contribution in [0.1, 0.15) is 21.6 Å². The molecule has 2 aromatic carbocycles. The van der Waals surface area contributed by atoms with Crippen molar-refractivity contribution in [3.8, 4) is 5.75 Å². The molecular formula is C19H14ClFN2O2S. The van der Waals surface area contributed by atoms with Gasteiger partial charge in [-0.3, -0.25) is 0 Å².